The lowest BCUT2D eigenvalue weighted by Crippen LogP contribution is -2.58. The summed E-state index contributed by atoms with van der Waals surface area (Å²) in [6, 6.07) is 0.718. The number of nitrogens with one attached hydrogen (secondary N) is 1. The van der Waals surface area contributed by atoms with Crippen molar-refractivity contribution in [2.75, 3.05) is 26.3 Å². The number of carbonyl (C=O) groups is 1. The highest BCUT2D eigenvalue weighted by Crippen LogP contribution is 2.19. The van der Waals surface area contributed by atoms with Crippen molar-refractivity contribution in [3.05, 3.63) is 0 Å². The third-order valence-electron chi connectivity index (χ3n) is 3.56. The maximum absolute atomic E-state index is 12.3. The molecule has 1 N–H and O–H groups in total. The van der Waals surface area contributed by atoms with Crippen LogP contribution in [0.2, 0.25) is 0 Å². The molecule has 3 atom stereocenters. The Morgan fingerprint density at radius 1 is 1.41 bits per heavy atom. The van der Waals surface area contributed by atoms with Crippen molar-refractivity contribution in [2.24, 2.45) is 5.92 Å². The second-order valence-corrected chi connectivity index (χ2v) is 5.06. The topological polar surface area (TPSA) is 41.6 Å². The van der Waals surface area contributed by atoms with E-state index in [9.17, 15) is 4.79 Å². The van der Waals surface area contributed by atoms with E-state index in [2.05, 4.69) is 19.2 Å². The van der Waals surface area contributed by atoms with Crippen LogP contribution in [-0.4, -0.2) is 49.2 Å². The van der Waals surface area contributed by atoms with Crippen LogP contribution in [0.25, 0.3) is 0 Å². The molecule has 17 heavy (non-hydrogen) atoms. The van der Waals surface area contributed by atoms with Gasteiger partial charge in [-0.2, -0.15) is 0 Å². The van der Waals surface area contributed by atoms with Gasteiger partial charge in [0.15, 0.2) is 0 Å². The molecule has 0 aromatic rings. The molecule has 100 valence electrons. The summed E-state index contributed by atoms with van der Waals surface area (Å²) in [4.78, 5) is 14.4. The highest BCUT2D eigenvalue weighted by molar-refractivity contribution is 5.85. The third-order valence-corrected chi connectivity index (χ3v) is 3.56. The van der Waals surface area contributed by atoms with Gasteiger partial charge in [-0.1, -0.05) is 0 Å². The first-order chi connectivity index (χ1) is 7.68. The van der Waals surface area contributed by atoms with Crippen molar-refractivity contribution >= 4 is 18.3 Å². The second kappa shape index (κ2) is 6.57. The van der Waals surface area contributed by atoms with Crippen LogP contribution in [0.3, 0.4) is 0 Å². The maximum atomic E-state index is 12.3. The number of halogens is 1. The van der Waals surface area contributed by atoms with E-state index in [4.69, 9.17) is 4.74 Å². The molecule has 0 saturated carbocycles. The fourth-order valence-electron chi connectivity index (χ4n) is 2.50. The first-order valence-corrected chi connectivity index (χ1v) is 6.30. The fraction of sp³-hybridized carbons (Fsp3) is 0.917. The molecule has 3 unspecified atom stereocenters. The van der Waals surface area contributed by atoms with E-state index in [0.29, 0.717) is 24.6 Å². The lowest BCUT2D eigenvalue weighted by atomic mass is 9.98. The van der Waals surface area contributed by atoms with Crippen LogP contribution in [0.1, 0.15) is 26.7 Å². The summed E-state index contributed by atoms with van der Waals surface area (Å²) < 4.78 is 5.39. The predicted octanol–water partition coefficient (Wildman–Crippen LogP) is 1.04. The van der Waals surface area contributed by atoms with Crippen molar-refractivity contribution < 1.29 is 9.53 Å². The number of piperazine rings is 1. The molecule has 0 aliphatic carbocycles. The summed E-state index contributed by atoms with van der Waals surface area (Å²) in [5, 5.41) is 3.39. The molecule has 2 aliphatic rings. The van der Waals surface area contributed by atoms with Gasteiger partial charge in [-0.05, 0) is 26.7 Å². The van der Waals surface area contributed by atoms with Crippen molar-refractivity contribution in [2.45, 2.75) is 38.8 Å². The second-order valence-electron chi connectivity index (χ2n) is 5.06. The Morgan fingerprint density at radius 2 is 2.18 bits per heavy atom. The quantitative estimate of drug-likeness (QED) is 0.768. The highest BCUT2D eigenvalue weighted by atomic mass is 35.5. The van der Waals surface area contributed by atoms with Gasteiger partial charge >= 0.3 is 0 Å². The van der Waals surface area contributed by atoms with Crippen molar-refractivity contribution in [3.63, 3.8) is 0 Å². The number of hydrogen-bond donors (Lipinski definition) is 1. The Bertz CT molecular complexity index is 257. The van der Waals surface area contributed by atoms with Gasteiger partial charge in [-0.3, -0.25) is 4.79 Å². The molecule has 0 aromatic heterocycles. The first-order valence-electron chi connectivity index (χ1n) is 6.30. The van der Waals surface area contributed by atoms with Crippen LogP contribution < -0.4 is 5.32 Å². The van der Waals surface area contributed by atoms with Gasteiger partial charge in [0.05, 0.1) is 12.5 Å². The van der Waals surface area contributed by atoms with Gasteiger partial charge in [-0.15, -0.1) is 12.4 Å². The zero-order valence-electron chi connectivity index (χ0n) is 10.6. The van der Waals surface area contributed by atoms with E-state index < -0.39 is 0 Å². The van der Waals surface area contributed by atoms with E-state index in [1.807, 2.05) is 4.90 Å². The Morgan fingerprint density at radius 3 is 2.82 bits per heavy atom. The van der Waals surface area contributed by atoms with E-state index >= 15 is 0 Å². The molecule has 0 radical (unpaired) electrons. The molecule has 2 saturated heterocycles. The summed E-state index contributed by atoms with van der Waals surface area (Å²) in [5.41, 5.74) is 0. The van der Waals surface area contributed by atoms with Crippen molar-refractivity contribution in [1.82, 2.24) is 10.2 Å². The molecule has 2 heterocycles. The molecular weight excluding hydrogens is 240 g/mol. The molecule has 1 amide bonds. The van der Waals surface area contributed by atoms with Crippen molar-refractivity contribution in [1.29, 1.82) is 0 Å². The predicted molar refractivity (Wildman–Crippen MR) is 69.4 cm³/mol. The van der Waals surface area contributed by atoms with Crippen LogP contribution in [0.4, 0.5) is 0 Å². The zero-order chi connectivity index (χ0) is 11.5. The standard InChI is InChI=1S/C12H22N2O2.ClH/c1-9-7-14(10(2)6-13-9)12(15)11-4-3-5-16-8-11;/h9-11,13H,3-8H2,1-2H3;1H. The largest absolute Gasteiger partial charge is 0.381 e. The minimum atomic E-state index is 0. The van der Waals surface area contributed by atoms with Crippen LogP contribution in [-0.2, 0) is 9.53 Å². The molecule has 2 rings (SSSR count). The van der Waals surface area contributed by atoms with Crippen molar-refractivity contribution in [3.8, 4) is 0 Å². The van der Waals surface area contributed by atoms with Gasteiger partial charge in [0.2, 0.25) is 5.91 Å². The molecule has 2 fully saturated rings. The zero-order valence-corrected chi connectivity index (χ0v) is 11.5. The van der Waals surface area contributed by atoms with Crippen LogP contribution in [0.15, 0.2) is 0 Å². The normalized spacial score (nSPS) is 34.0. The first kappa shape index (κ1) is 14.7. The summed E-state index contributed by atoms with van der Waals surface area (Å²) in [6.07, 6.45) is 2.01. The Kier molecular flexibility index (Phi) is 5.70. The molecular formula is C12H23ClN2O2. The number of amides is 1. The minimum absolute atomic E-state index is 0. The van der Waals surface area contributed by atoms with Gasteiger partial charge < -0.3 is 15.0 Å². The van der Waals surface area contributed by atoms with Crippen LogP contribution in [0.5, 0.6) is 0 Å². The van der Waals surface area contributed by atoms with E-state index in [1.54, 1.807) is 0 Å². The smallest absolute Gasteiger partial charge is 0.228 e. The van der Waals surface area contributed by atoms with Gasteiger partial charge in [-0.25, -0.2) is 0 Å². The number of ether oxygens (including phenoxy) is 1. The van der Waals surface area contributed by atoms with E-state index in [1.165, 1.54) is 0 Å². The third kappa shape index (κ3) is 3.57. The number of nitrogens with zero attached hydrogens (tertiary/aromatic N) is 1. The summed E-state index contributed by atoms with van der Waals surface area (Å²) in [7, 11) is 0. The summed E-state index contributed by atoms with van der Waals surface area (Å²) in [5.74, 6) is 0.391. The fourth-order valence-corrected chi connectivity index (χ4v) is 2.50. The number of carbonyl (C=O) groups excluding carboxylic acids is 1. The maximum Gasteiger partial charge on any atom is 0.228 e. The molecule has 0 bridgehead atoms. The summed E-state index contributed by atoms with van der Waals surface area (Å²) in [6.45, 7) is 7.40. The van der Waals surface area contributed by atoms with E-state index in [-0.39, 0.29) is 18.3 Å². The highest BCUT2D eigenvalue weighted by Gasteiger charge is 2.32. The Labute approximate surface area is 109 Å². The Balaban J connectivity index is 0.00000144. The molecule has 5 heteroatoms. The molecule has 2 aliphatic heterocycles. The lowest BCUT2D eigenvalue weighted by molar-refractivity contribution is -0.143. The van der Waals surface area contributed by atoms with Gasteiger partial charge in [0.1, 0.15) is 0 Å². The average molecular weight is 263 g/mol. The average Bonchev–Trinajstić information content (AvgIpc) is 2.32. The van der Waals surface area contributed by atoms with Gasteiger partial charge in [0.25, 0.3) is 0 Å². The number of hydrogen-bond acceptors (Lipinski definition) is 3. The molecule has 0 aromatic carbocycles. The molecule has 0 spiro atoms. The monoisotopic (exact) mass is 262 g/mol. The summed E-state index contributed by atoms with van der Waals surface area (Å²) >= 11 is 0. The van der Waals surface area contributed by atoms with Crippen LogP contribution >= 0.6 is 12.4 Å². The Hall–Kier alpha value is -0.320. The van der Waals surface area contributed by atoms with Crippen LogP contribution in [0, 0.1) is 5.92 Å². The number of rotatable bonds is 1. The molecule has 4 nitrogen and oxygen atoms in total. The van der Waals surface area contributed by atoms with E-state index in [0.717, 1.165) is 32.5 Å². The minimum Gasteiger partial charge on any atom is -0.381 e. The van der Waals surface area contributed by atoms with Gasteiger partial charge in [0, 0.05) is 31.8 Å². The lowest BCUT2D eigenvalue weighted by Gasteiger charge is -2.40. The SMILES string of the molecule is CC1CN(C(=O)C2CCCOC2)C(C)CN1.Cl.